The molecule has 0 spiro atoms. The lowest BCUT2D eigenvalue weighted by molar-refractivity contribution is -0.145. The predicted octanol–water partition coefficient (Wildman–Crippen LogP) is 0.148. The van der Waals surface area contributed by atoms with Gasteiger partial charge in [0, 0.05) is 6.54 Å². The van der Waals surface area contributed by atoms with Gasteiger partial charge in [0.25, 0.3) is 0 Å². The first-order valence-electron chi connectivity index (χ1n) is 6.27. The van der Waals surface area contributed by atoms with Crippen LogP contribution in [0.2, 0.25) is 0 Å². The Balaban J connectivity index is 1.86. The van der Waals surface area contributed by atoms with Crippen molar-refractivity contribution in [2.45, 2.75) is 38.8 Å². The fraction of sp³-hybridized carbons (Fsp3) is 0.833. The van der Waals surface area contributed by atoms with Crippen molar-refractivity contribution in [2.24, 2.45) is 5.92 Å². The summed E-state index contributed by atoms with van der Waals surface area (Å²) < 4.78 is 5.41. The topological polar surface area (TPSA) is 58.6 Å². The van der Waals surface area contributed by atoms with Crippen LogP contribution in [0.1, 0.15) is 26.7 Å². The third-order valence-corrected chi connectivity index (χ3v) is 3.13. The number of hydrogen-bond acceptors (Lipinski definition) is 3. The third kappa shape index (κ3) is 3.19. The number of ether oxygens (including phenoxy) is 1. The van der Waals surface area contributed by atoms with Crippen LogP contribution in [0, 0.1) is 5.92 Å². The number of rotatable bonds is 5. The van der Waals surface area contributed by atoms with Gasteiger partial charge in [-0.05, 0) is 32.6 Å². The van der Waals surface area contributed by atoms with E-state index in [1.165, 1.54) is 0 Å². The normalized spacial score (nSPS) is 25.4. The number of nitrogens with zero attached hydrogens (tertiary/aromatic N) is 1. The molecule has 1 unspecified atom stereocenters. The molecular weight excluding hydrogens is 220 g/mol. The van der Waals surface area contributed by atoms with Gasteiger partial charge in [-0.2, -0.15) is 0 Å². The lowest BCUT2D eigenvalue weighted by atomic mass is 10.1. The molecule has 0 bridgehead atoms. The van der Waals surface area contributed by atoms with Crippen LogP contribution in [-0.2, 0) is 14.3 Å². The van der Waals surface area contributed by atoms with Crippen LogP contribution >= 0.6 is 0 Å². The van der Waals surface area contributed by atoms with Crippen LogP contribution in [0.4, 0.5) is 0 Å². The fourth-order valence-electron chi connectivity index (χ4n) is 2.07. The average molecular weight is 240 g/mol. The molecule has 2 amide bonds. The molecule has 1 aliphatic heterocycles. The summed E-state index contributed by atoms with van der Waals surface area (Å²) in [5.74, 6) is 0.366. The maximum Gasteiger partial charge on any atom is 0.245 e. The minimum Gasteiger partial charge on any atom is -0.377 e. The molecule has 2 rings (SSSR count). The van der Waals surface area contributed by atoms with E-state index in [-0.39, 0.29) is 30.5 Å². The summed E-state index contributed by atoms with van der Waals surface area (Å²) in [5.41, 5.74) is 0. The minimum absolute atomic E-state index is 0.0500. The summed E-state index contributed by atoms with van der Waals surface area (Å²) in [6, 6.07) is -0.282. The van der Waals surface area contributed by atoms with Gasteiger partial charge < -0.3 is 15.0 Å². The summed E-state index contributed by atoms with van der Waals surface area (Å²) in [7, 11) is 0. The van der Waals surface area contributed by atoms with Gasteiger partial charge in [0.05, 0.1) is 19.3 Å². The van der Waals surface area contributed by atoms with Gasteiger partial charge in [-0.1, -0.05) is 0 Å². The molecule has 1 saturated heterocycles. The molecule has 96 valence electrons. The van der Waals surface area contributed by atoms with Crippen LogP contribution in [0.3, 0.4) is 0 Å². The van der Waals surface area contributed by atoms with Crippen molar-refractivity contribution >= 4 is 11.8 Å². The van der Waals surface area contributed by atoms with Crippen molar-refractivity contribution in [2.75, 3.05) is 19.7 Å². The smallest absolute Gasteiger partial charge is 0.245 e. The van der Waals surface area contributed by atoms with Crippen LogP contribution in [0.5, 0.6) is 0 Å². The molecule has 0 aromatic heterocycles. The van der Waals surface area contributed by atoms with Crippen molar-refractivity contribution < 1.29 is 14.3 Å². The highest BCUT2D eigenvalue weighted by Gasteiger charge is 2.42. The largest absolute Gasteiger partial charge is 0.377 e. The Morgan fingerprint density at radius 2 is 2.12 bits per heavy atom. The van der Waals surface area contributed by atoms with E-state index in [1.807, 2.05) is 13.8 Å². The number of nitrogens with one attached hydrogen (secondary N) is 1. The van der Waals surface area contributed by atoms with E-state index in [1.54, 1.807) is 4.90 Å². The molecule has 1 aliphatic carbocycles. The van der Waals surface area contributed by atoms with Crippen LogP contribution < -0.4 is 5.32 Å². The maximum atomic E-state index is 12.1. The Morgan fingerprint density at radius 1 is 1.41 bits per heavy atom. The van der Waals surface area contributed by atoms with Crippen molar-refractivity contribution in [3.05, 3.63) is 0 Å². The van der Waals surface area contributed by atoms with Gasteiger partial charge in [0.1, 0.15) is 6.04 Å². The molecular formula is C12H20N2O3. The molecule has 5 nitrogen and oxygen atoms in total. The van der Waals surface area contributed by atoms with Crippen LogP contribution in [0.15, 0.2) is 0 Å². The highest BCUT2D eigenvalue weighted by atomic mass is 16.5. The zero-order valence-corrected chi connectivity index (χ0v) is 10.4. The first-order valence-corrected chi connectivity index (χ1v) is 6.27. The Morgan fingerprint density at radius 3 is 2.71 bits per heavy atom. The van der Waals surface area contributed by atoms with Crippen molar-refractivity contribution in [3.63, 3.8) is 0 Å². The maximum absolute atomic E-state index is 12.1. The van der Waals surface area contributed by atoms with Gasteiger partial charge in [-0.25, -0.2) is 0 Å². The van der Waals surface area contributed by atoms with Crippen LogP contribution in [-0.4, -0.2) is 48.6 Å². The lowest BCUT2D eigenvalue weighted by Gasteiger charge is -2.32. The van der Waals surface area contributed by atoms with Gasteiger partial charge in [-0.15, -0.1) is 0 Å². The monoisotopic (exact) mass is 240 g/mol. The molecule has 0 aromatic carbocycles. The molecule has 0 radical (unpaired) electrons. The van der Waals surface area contributed by atoms with Crippen LogP contribution in [0.25, 0.3) is 0 Å². The molecule has 1 atom stereocenters. The molecule has 5 heteroatoms. The molecule has 0 aromatic rings. The Hall–Kier alpha value is -1.10. The van der Waals surface area contributed by atoms with E-state index in [2.05, 4.69) is 5.32 Å². The first kappa shape index (κ1) is 12.4. The number of hydrogen-bond donors (Lipinski definition) is 1. The SMILES string of the molecule is CC(C)OCCN1CC(=O)NC(C2CC2)C1=O. The van der Waals surface area contributed by atoms with E-state index < -0.39 is 0 Å². The standard InChI is InChI=1S/C12H20N2O3/c1-8(2)17-6-5-14-7-10(15)13-11(12(14)16)9-3-4-9/h8-9,11H,3-7H2,1-2H3,(H,13,15). The lowest BCUT2D eigenvalue weighted by Crippen LogP contribution is -2.59. The van der Waals surface area contributed by atoms with Gasteiger partial charge in [0.2, 0.25) is 11.8 Å². The zero-order valence-electron chi connectivity index (χ0n) is 10.4. The Bertz CT molecular complexity index is 313. The second-order valence-corrected chi connectivity index (χ2v) is 5.06. The van der Waals surface area contributed by atoms with Crippen molar-refractivity contribution in [3.8, 4) is 0 Å². The summed E-state index contributed by atoms with van der Waals surface area (Å²) in [5, 5.41) is 2.79. The van der Waals surface area contributed by atoms with E-state index in [4.69, 9.17) is 4.74 Å². The Labute approximate surface area is 101 Å². The van der Waals surface area contributed by atoms with Gasteiger partial charge >= 0.3 is 0 Å². The molecule has 1 N–H and O–H groups in total. The second-order valence-electron chi connectivity index (χ2n) is 5.06. The predicted molar refractivity (Wildman–Crippen MR) is 62.3 cm³/mol. The number of carbonyl (C=O) groups excluding carboxylic acids is 2. The molecule has 1 saturated carbocycles. The molecule has 2 aliphatic rings. The minimum atomic E-state index is -0.282. The van der Waals surface area contributed by atoms with E-state index in [0.717, 1.165) is 12.8 Å². The van der Waals surface area contributed by atoms with E-state index >= 15 is 0 Å². The summed E-state index contributed by atoms with van der Waals surface area (Å²) >= 11 is 0. The average Bonchev–Trinajstić information content (AvgIpc) is 3.05. The molecule has 2 fully saturated rings. The van der Waals surface area contributed by atoms with Crippen molar-refractivity contribution in [1.29, 1.82) is 0 Å². The summed E-state index contributed by atoms with van der Waals surface area (Å²) in [6.07, 6.45) is 2.25. The quantitative estimate of drug-likeness (QED) is 0.744. The summed E-state index contributed by atoms with van der Waals surface area (Å²) in [4.78, 5) is 25.2. The Kier molecular flexibility index (Phi) is 3.66. The van der Waals surface area contributed by atoms with Crippen molar-refractivity contribution in [1.82, 2.24) is 10.2 Å². The fourth-order valence-corrected chi connectivity index (χ4v) is 2.07. The number of carbonyl (C=O) groups is 2. The number of amides is 2. The molecule has 1 heterocycles. The third-order valence-electron chi connectivity index (χ3n) is 3.13. The van der Waals surface area contributed by atoms with E-state index in [9.17, 15) is 9.59 Å². The van der Waals surface area contributed by atoms with Gasteiger partial charge in [0.15, 0.2) is 0 Å². The second kappa shape index (κ2) is 5.04. The number of piperazine rings is 1. The highest BCUT2D eigenvalue weighted by molar-refractivity contribution is 5.95. The zero-order chi connectivity index (χ0) is 12.4. The first-order chi connectivity index (χ1) is 8.08. The van der Waals surface area contributed by atoms with E-state index in [0.29, 0.717) is 19.1 Å². The highest BCUT2D eigenvalue weighted by Crippen LogP contribution is 2.34. The summed E-state index contributed by atoms with van der Waals surface area (Å²) in [6.45, 7) is 5.08. The molecule has 17 heavy (non-hydrogen) atoms. The van der Waals surface area contributed by atoms with Gasteiger partial charge in [-0.3, -0.25) is 9.59 Å².